The topological polar surface area (TPSA) is 67.3 Å². The molecule has 96 valence electrons. The van der Waals surface area contributed by atoms with E-state index in [4.69, 9.17) is 4.74 Å². The van der Waals surface area contributed by atoms with E-state index < -0.39 is 21.2 Å². The van der Waals surface area contributed by atoms with Crippen molar-refractivity contribution in [2.24, 2.45) is 4.99 Å². The molecule has 9 heteroatoms. The quantitative estimate of drug-likeness (QED) is 0.506. The van der Waals surface area contributed by atoms with Crippen molar-refractivity contribution in [2.75, 3.05) is 6.61 Å². The number of rotatable bonds is 5. The number of aliphatic imine (C=N–C) groups is 1. The van der Waals surface area contributed by atoms with E-state index in [-0.39, 0.29) is 5.82 Å². The minimum atomic E-state index is -4.83. The fraction of sp³-hybridized carbons (Fsp3) is 0.500. The van der Waals surface area contributed by atoms with E-state index >= 15 is 0 Å². The highest BCUT2D eigenvalue weighted by Gasteiger charge is 2.40. The van der Waals surface area contributed by atoms with Crippen molar-refractivity contribution in [3.05, 3.63) is 6.20 Å². The zero-order valence-corrected chi connectivity index (χ0v) is 9.64. The molecule has 1 N–H and O–H groups in total. The third-order valence-electron chi connectivity index (χ3n) is 1.57. The van der Waals surface area contributed by atoms with Crippen LogP contribution in [-0.4, -0.2) is 32.9 Å². The van der Waals surface area contributed by atoms with Crippen LogP contribution in [0.4, 0.5) is 19.0 Å². The van der Waals surface area contributed by atoms with Gasteiger partial charge in [-0.05, 0) is 6.42 Å². The maximum atomic E-state index is 12.2. The van der Waals surface area contributed by atoms with Crippen molar-refractivity contribution in [1.82, 2.24) is 10.2 Å². The Morgan fingerprint density at radius 2 is 2.35 bits per heavy atom. The molecule has 0 amide bonds. The van der Waals surface area contributed by atoms with Crippen LogP contribution in [0.15, 0.2) is 16.1 Å². The average molecular weight is 269 g/mol. The normalized spacial score (nSPS) is 14.1. The van der Waals surface area contributed by atoms with Gasteiger partial charge in [0.15, 0.2) is 23.0 Å². The van der Waals surface area contributed by atoms with Crippen LogP contribution in [0, 0.1) is 0 Å². The highest BCUT2D eigenvalue weighted by atomic mass is 32.2. The minimum absolute atomic E-state index is 0.225. The molecule has 0 spiro atoms. The first-order chi connectivity index (χ1) is 7.96. The Balaban J connectivity index is 2.79. The Hall–Kier alpha value is -1.38. The zero-order valence-electron chi connectivity index (χ0n) is 8.82. The van der Waals surface area contributed by atoms with E-state index in [0.717, 1.165) is 19.0 Å². The summed E-state index contributed by atoms with van der Waals surface area (Å²) >= 11 is 0. The molecular formula is C8H10F3N3O2S. The Labute approximate surface area is 97.5 Å². The Morgan fingerprint density at radius 1 is 1.65 bits per heavy atom. The van der Waals surface area contributed by atoms with Crippen molar-refractivity contribution >= 4 is 23.0 Å². The predicted molar refractivity (Wildman–Crippen MR) is 55.4 cm³/mol. The number of hydrogen-bond acceptors (Lipinski definition) is 4. The molecule has 1 aromatic heterocycles. The summed E-state index contributed by atoms with van der Waals surface area (Å²) in [5.74, 6) is -0.225. The maximum absolute atomic E-state index is 12.2. The highest BCUT2D eigenvalue weighted by Crippen LogP contribution is 2.30. The fourth-order valence-corrected chi connectivity index (χ4v) is 1.55. The third kappa shape index (κ3) is 3.84. The molecule has 1 unspecified atom stereocenters. The first-order valence-electron chi connectivity index (χ1n) is 4.63. The number of hydrogen-bond donors (Lipinski definition) is 1. The molecule has 0 bridgehead atoms. The van der Waals surface area contributed by atoms with Gasteiger partial charge in [-0.3, -0.25) is 5.10 Å². The standard InChI is InChI=1S/C8H10F3N3O2S/c1-2-3-16-5-12-7-6(4-13-14-7)17(15)8(9,10)11/h4-5H,2-3H2,1H3,(H,13,14). The average Bonchev–Trinajstić information content (AvgIpc) is 2.70. The minimum Gasteiger partial charge on any atom is -0.483 e. The monoisotopic (exact) mass is 269 g/mol. The van der Waals surface area contributed by atoms with Gasteiger partial charge in [0, 0.05) is 0 Å². The Morgan fingerprint density at radius 3 is 2.94 bits per heavy atom. The van der Waals surface area contributed by atoms with Crippen LogP contribution in [0.2, 0.25) is 0 Å². The summed E-state index contributed by atoms with van der Waals surface area (Å²) in [6.45, 7) is 2.27. The van der Waals surface area contributed by atoms with Crippen molar-refractivity contribution < 1.29 is 22.1 Å². The van der Waals surface area contributed by atoms with Crippen LogP contribution in [-0.2, 0) is 15.5 Å². The van der Waals surface area contributed by atoms with Gasteiger partial charge >= 0.3 is 5.51 Å². The lowest BCUT2D eigenvalue weighted by Gasteiger charge is -2.03. The van der Waals surface area contributed by atoms with Crippen molar-refractivity contribution in [1.29, 1.82) is 0 Å². The summed E-state index contributed by atoms with van der Waals surface area (Å²) in [4.78, 5) is 3.06. The number of aromatic nitrogens is 2. The van der Waals surface area contributed by atoms with Gasteiger partial charge in [0.2, 0.25) is 0 Å². The number of halogens is 3. The van der Waals surface area contributed by atoms with Crippen molar-refractivity contribution in [3.63, 3.8) is 0 Å². The van der Waals surface area contributed by atoms with Gasteiger partial charge in [0.05, 0.1) is 12.8 Å². The molecule has 17 heavy (non-hydrogen) atoms. The van der Waals surface area contributed by atoms with E-state index in [9.17, 15) is 17.4 Å². The maximum Gasteiger partial charge on any atom is 0.476 e. The highest BCUT2D eigenvalue weighted by molar-refractivity contribution is 7.86. The number of ether oxygens (including phenoxy) is 1. The van der Waals surface area contributed by atoms with Crippen LogP contribution >= 0.6 is 0 Å². The Bertz CT molecular complexity index is 416. The summed E-state index contributed by atoms with van der Waals surface area (Å²) in [5.41, 5.74) is -4.83. The SMILES string of the molecule is CCCOC=Nc1[nH]ncc1S(=O)C(F)(F)F. The Kier molecular flexibility index (Phi) is 4.67. The van der Waals surface area contributed by atoms with E-state index in [2.05, 4.69) is 15.2 Å². The van der Waals surface area contributed by atoms with Gasteiger partial charge in [0.25, 0.3) is 0 Å². The van der Waals surface area contributed by atoms with Crippen LogP contribution < -0.4 is 0 Å². The molecule has 0 aliphatic carbocycles. The van der Waals surface area contributed by atoms with Crippen LogP contribution in [0.25, 0.3) is 0 Å². The smallest absolute Gasteiger partial charge is 0.476 e. The molecule has 0 radical (unpaired) electrons. The first-order valence-corrected chi connectivity index (χ1v) is 5.78. The second-order valence-corrected chi connectivity index (χ2v) is 4.34. The molecule has 0 aromatic carbocycles. The molecule has 0 aliphatic rings. The predicted octanol–water partition coefficient (Wildman–Crippen LogP) is 2.12. The van der Waals surface area contributed by atoms with Crippen LogP contribution in [0.5, 0.6) is 0 Å². The summed E-state index contributed by atoms with van der Waals surface area (Å²) in [6, 6.07) is 0. The van der Waals surface area contributed by atoms with Gasteiger partial charge in [-0.2, -0.15) is 18.3 Å². The number of nitrogens with one attached hydrogen (secondary N) is 1. The third-order valence-corrected chi connectivity index (χ3v) is 2.69. The van der Waals surface area contributed by atoms with Gasteiger partial charge in [-0.15, -0.1) is 0 Å². The zero-order chi connectivity index (χ0) is 12.9. The lowest BCUT2D eigenvalue weighted by molar-refractivity contribution is -0.0384. The molecule has 5 nitrogen and oxygen atoms in total. The lowest BCUT2D eigenvalue weighted by atomic mass is 10.5. The summed E-state index contributed by atoms with van der Waals surface area (Å²) in [5, 5.41) is 5.58. The van der Waals surface area contributed by atoms with E-state index in [1.807, 2.05) is 6.92 Å². The molecule has 1 aromatic rings. The van der Waals surface area contributed by atoms with Gasteiger partial charge < -0.3 is 4.74 Å². The molecule has 1 atom stereocenters. The van der Waals surface area contributed by atoms with E-state index in [1.54, 1.807) is 0 Å². The number of nitrogens with zero attached hydrogens (tertiary/aromatic N) is 2. The molecule has 0 saturated carbocycles. The summed E-state index contributed by atoms with van der Waals surface area (Å²) < 4.78 is 52.5. The summed E-state index contributed by atoms with van der Waals surface area (Å²) in [6.07, 6.45) is 2.57. The van der Waals surface area contributed by atoms with Gasteiger partial charge in [-0.1, -0.05) is 6.92 Å². The second-order valence-electron chi connectivity index (χ2n) is 2.90. The van der Waals surface area contributed by atoms with Crippen molar-refractivity contribution in [2.45, 2.75) is 23.7 Å². The number of H-pyrrole nitrogens is 1. The van der Waals surface area contributed by atoms with Crippen LogP contribution in [0.3, 0.4) is 0 Å². The molecule has 0 saturated heterocycles. The molecule has 1 heterocycles. The molecule has 1 rings (SSSR count). The summed E-state index contributed by atoms with van der Waals surface area (Å²) in [7, 11) is -3.15. The van der Waals surface area contributed by atoms with Gasteiger partial charge in [0.1, 0.15) is 4.90 Å². The molecular weight excluding hydrogens is 259 g/mol. The number of aromatic amines is 1. The van der Waals surface area contributed by atoms with Crippen LogP contribution in [0.1, 0.15) is 13.3 Å². The molecule has 0 fully saturated rings. The van der Waals surface area contributed by atoms with Gasteiger partial charge in [-0.25, -0.2) is 9.20 Å². The fourth-order valence-electron chi connectivity index (χ4n) is 0.882. The largest absolute Gasteiger partial charge is 0.483 e. The van der Waals surface area contributed by atoms with E-state index in [0.29, 0.717) is 6.61 Å². The van der Waals surface area contributed by atoms with E-state index in [1.165, 1.54) is 0 Å². The molecule has 0 aliphatic heterocycles. The second kappa shape index (κ2) is 5.80. The number of alkyl halides is 3. The lowest BCUT2D eigenvalue weighted by Crippen LogP contribution is -2.15. The van der Waals surface area contributed by atoms with Crippen molar-refractivity contribution in [3.8, 4) is 0 Å². The first kappa shape index (κ1) is 13.7.